The van der Waals surface area contributed by atoms with Crippen LogP contribution < -0.4 is 0 Å². The van der Waals surface area contributed by atoms with Crippen LogP contribution in [0, 0.1) is 6.92 Å². The summed E-state index contributed by atoms with van der Waals surface area (Å²) < 4.78 is 5.59. The molecule has 2 aromatic rings. The molecule has 3 heteroatoms. The van der Waals surface area contributed by atoms with Crippen LogP contribution in [0.4, 0.5) is 0 Å². The molecule has 0 amide bonds. The number of aryl methyl sites for hydroxylation is 1. The van der Waals surface area contributed by atoms with Crippen molar-refractivity contribution in [1.82, 2.24) is 0 Å². The molecule has 118 valence electrons. The normalized spacial score (nSPS) is 20.1. The molecule has 1 aromatic carbocycles. The molecule has 1 aromatic heterocycles. The number of allylic oxidation sites excluding steroid dienone is 2. The molecular formula is C20H21NOS. The van der Waals surface area contributed by atoms with E-state index in [1.807, 2.05) is 23.9 Å². The Morgan fingerprint density at radius 3 is 2.61 bits per heavy atom. The lowest BCUT2D eigenvalue weighted by Gasteiger charge is -2.14. The Morgan fingerprint density at radius 2 is 2.00 bits per heavy atom. The van der Waals surface area contributed by atoms with Gasteiger partial charge in [0.1, 0.15) is 5.70 Å². The first-order valence-corrected chi connectivity index (χ1v) is 8.82. The van der Waals surface area contributed by atoms with Gasteiger partial charge in [-0.1, -0.05) is 42.8 Å². The molecule has 1 unspecified atom stereocenters. The molecule has 0 saturated heterocycles. The lowest BCUT2D eigenvalue weighted by molar-refractivity contribution is 0.552. The molecule has 2 nitrogen and oxygen atoms in total. The van der Waals surface area contributed by atoms with Gasteiger partial charge in [0.2, 0.25) is 0 Å². The van der Waals surface area contributed by atoms with Gasteiger partial charge in [-0.05, 0) is 44.0 Å². The summed E-state index contributed by atoms with van der Waals surface area (Å²) in [5.41, 5.74) is 4.60. The second-order valence-corrected chi connectivity index (χ2v) is 6.73. The summed E-state index contributed by atoms with van der Waals surface area (Å²) in [6, 6.07) is 12.6. The van der Waals surface area contributed by atoms with E-state index in [2.05, 4.69) is 57.2 Å². The summed E-state index contributed by atoms with van der Waals surface area (Å²) in [5.74, 6) is 0.825. The van der Waals surface area contributed by atoms with Crippen molar-refractivity contribution in [3.63, 3.8) is 0 Å². The summed E-state index contributed by atoms with van der Waals surface area (Å²) in [5, 5.41) is 0.231. The zero-order chi connectivity index (χ0) is 16.2. The molecule has 0 bridgehead atoms. The largest absolute Gasteiger partial charge is 0.463 e. The topological polar surface area (TPSA) is 25.5 Å². The Labute approximate surface area is 142 Å². The van der Waals surface area contributed by atoms with Crippen LogP contribution in [-0.4, -0.2) is 5.71 Å². The van der Waals surface area contributed by atoms with Crippen LogP contribution >= 0.6 is 11.8 Å². The maximum atomic E-state index is 5.59. The summed E-state index contributed by atoms with van der Waals surface area (Å²) in [6.45, 7) is 6.34. The fraction of sp³-hybridized carbons (Fsp3) is 0.250. The zero-order valence-corrected chi connectivity index (χ0v) is 14.6. The average Bonchev–Trinajstić information content (AvgIpc) is 3.03. The van der Waals surface area contributed by atoms with E-state index in [1.54, 1.807) is 6.26 Å². The van der Waals surface area contributed by atoms with E-state index in [9.17, 15) is 0 Å². The van der Waals surface area contributed by atoms with E-state index in [0.29, 0.717) is 0 Å². The lowest BCUT2D eigenvalue weighted by Crippen LogP contribution is -1.98. The van der Waals surface area contributed by atoms with Crippen molar-refractivity contribution in [3.8, 4) is 0 Å². The van der Waals surface area contributed by atoms with Crippen LogP contribution in [0.5, 0.6) is 0 Å². The van der Waals surface area contributed by atoms with E-state index in [-0.39, 0.29) is 5.25 Å². The third-order valence-corrected chi connectivity index (χ3v) is 5.27. The number of hydrogen-bond acceptors (Lipinski definition) is 3. The summed E-state index contributed by atoms with van der Waals surface area (Å²) in [7, 11) is 0. The van der Waals surface area contributed by atoms with E-state index in [1.165, 1.54) is 16.0 Å². The Morgan fingerprint density at radius 1 is 1.22 bits per heavy atom. The summed E-state index contributed by atoms with van der Waals surface area (Å²) >= 11 is 1.86. The SMILES string of the molecule is C/C=C1/SC(c2ccc(C)cc2)C=C(c2ccco2)N=C1CC. The van der Waals surface area contributed by atoms with Gasteiger partial charge >= 0.3 is 0 Å². The van der Waals surface area contributed by atoms with Crippen molar-refractivity contribution in [2.24, 2.45) is 4.99 Å². The molecular weight excluding hydrogens is 302 g/mol. The second kappa shape index (κ2) is 7.05. The van der Waals surface area contributed by atoms with E-state index in [4.69, 9.17) is 9.41 Å². The van der Waals surface area contributed by atoms with E-state index in [0.717, 1.165) is 23.6 Å². The van der Waals surface area contributed by atoms with E-state index >= 15 is 0 Å². The predicted molar refractivity (Wildman–Crippen MR) is 99.7 cm³/mol. The first kappa shape index (κ1) is 15.9. The van der Waals surface area contributed by atoms with Gasteiger partial charge < -0.3 is 4.42 Å². The highest BCUT2D eigenvalue weighted by Crippen LogP contribution is 2.42. The third-order valence-electron chi connectivity index (χ3n) is 3.88. The highest BCUT2D eigenvalue weighted by molar-refractivity contribution is 8.04. The number of aliphatic imine (C=N–C) groups is 1. The van der Waals surface area contributed by atoms with Crippen LogP contribution in [0.1, 0.15) is 42.4 Å². The van der Waals surface area contributed by atoms with Gasteiger partial charge in [-0.3, -0.25) is 0 Å². The lowest BCUT2D eigenvalue weighted by atomic mass is 10.1. The number of rotatable bonds is 3. The Kier molecular flexibility index (Phi) is 4.87. The van der Waals surface area contributed by atoms with Gasteiger partial charge in [-0.25, -0.2) is 4.99 Å². The minimum absolute atomic E-state index is 0.231. The third kappa shape index (κ3) is 3.50. The molecule has 0 spiro atoms. The quantitative estimate of drug-likeness (QED) is 0.674. The van der Waals surface area contributed by atoms with Crippen molar-refractivity contribution < 1.29 is 4.42 Å². The number of furan rings is 1. The standard InChI is InChI=1S/C20H21NOS/c1-4-16-19(5-2)23-20(15-10-8-14(3)9-11-15)13-17(21-16)18-7-6-12-22-18/h5-13,20H,4H2,1-3H3/b19-5+. The predicted octanol–water partition coefficient (Wildman–Crippen LogP) is 6.17. The zero-order valence-electron chi connectivity index (χ0n) is 13.7. The van der Waals surface area contributed by atoms with E-state index < -0.39 is 0 Å². The Bertz CT molecular complexity index is 751. The van der Waals surface area contributed by atoms with Gasteiger partial charge in [0.05, 0.1) is 17.2 Å². The number of nitrogens with zero attached hydrogens (tertiary/aromatic N) is 1. The monoisotopic (exact) mass is 323 g/mol. The maximum absolute atomic E-state index is 5.59. The average molecular weight is 323 g/mol. The molecule has 0 fully saturated rings. The van der Waals surface area contributed by atoms with Crippen molar-refractivity contribution in [1.29, 1.82) is 0 Å². The molecule has 0 aliphatic carbocycles. The summed E-state index contributed by atoms with van der Waals surface area (Å²) in [4.78, 5) is 6.12. The smallest absolute Gasteiger partial charge is 0.151 e. The fourth-order valence-corrected chi connectivity index (χ4v) is 3.82. The van der Waals surface area contributed by atoms with Gasteiger partial charge in [0.25, 0.3) is 0 Å². The minimum atomic E-state index is 0.231. The highest BCUT2D eigenvalue weighted by atomic mass is 32.2. The van der Waals surface area contributed by atoms with Gasteiger partial charge in [0.15, 0.2) is 5.76 Å². The van der Waals surface area contributed by atoms with Crippen LogP contribution in [0.25, 0.3) is 5.70 Å². The van der Waals surface area contributed by atoms with Crippen molar-refractivity contribution >= 4 is 23.2 Å². The number of benzene rings is 1. The highest BCUT2D eigenvalue weighted by Gasteiger charge is 2.21. The Balaban J connectivity index is 2.07. The van der Waals surface area contributed by atoms with Gasteiger partial charge in [-0.15, -0.1) is 11.8 Å². The molecule has 1 aliphatic rings. The Hall–Kier alpha value is -2.00. The van der Waals surface area contributed by atoms with Crippen LogP contribution in [0.15, 0.2) is 69.1 Å². The van der Waals surface area contributed by atoms with Gasteiger partial charge in [0, 0.05) is 4.91 Å². The van der Waals surface area contributed by atoms with Crippen LogP contribution in [-0.2, 0) is 0 Å². The minimum Gasteiger partial charge on any atom is -0.463 e. The second-order valence-electron chi connectivity index (χ2n) is 5.54. The molecule has 0 radical (unpaired) electrons. The molecule has 23 heavy (non-hydrogen) atoms. The molecule has 0 N–H and O–H groups in total. The first-order valence-electron chi connectivity index (χ1n) is 7.94. The molecule has 3 rings (SSSR count). The van der Waals surface area contributed by atoms with Crippen molar-refractivity contribution in [3.05, 3.63) is 76.6 Å². The molecule has 1 aliphatic heterocycles. The molecule has 2 heterocycles. The van der Waals surface area contributed by atoms with Crippen LogP contribution in [0.3, 0.4) is 0 Å². The summed E-state index contributed by atoms with van der Waals surface area (Å²) in [6.07, 6.45) is 6.98. The number of hydrogen-bond donors (Lipinski definition) is 0. The number of thioether (sulfide) groups is 1. The molecule has 0 saturated carbocycles. The maximum Gasteiger partial charge on any atom is 0.151 e. The van der Waals surface area contributed by atoms with Crippen molar-refractivity contribution in [2.75, 3.05) is 0 Å². The fourth-order valence-electron chi connectivity index (χ4n) is 2.59. The van der Waals surface area contributed by atoms with Crippen molar-refractivity contribution in [2.45, 2.75) is 32.4 Å². The first-order chi connectivity index (χ1) is 11.2. The van der Waals surface area contributed by atoms with Crippen LogP contribution in [0.2, 0.25) is 0 Å². The molecule has 1 atom stereocenters. The van der Waals surface area contributed by atoms with Gasteiger partial charge in [-0.2, -0.15) is 0 Å².